The molecule has 0 aromatic heterocycles. The minimum atomic E-state index is -2.56. The Balaban J connectivity index is 1.60. The van der Waals surface area contributed by atoms with Gasteiger partial charge in [0.25, 0.3) is 5.79 Å². The van der Waals surface area contributed by atoms with Gasteiger partial charge < -0.3 is 49.2 Å². The van der Waals surface area contributed by atoms with Crippen molar-refractivity contribution in [1.82, 2.24) is 0 Å². The number of ether oxygens (including phenoxy) is 5. The van der Waals surface area contributed by atoms with Gasteiger partial charge in [0.15, 0.2) is 46.7 Å². The monoisotopic (exact) mass is 538 g/mol. The number of rotatable bonds is 2. The third-order valence-electron chi connectivity index (χ3n) is 8.81. The van der Waals surface area contributed by atoms with Crippen molar-refractivity contribution in [3.05, 3.63) is 45.2 Å². The molecule has 5 N–H and O–H groups in total. The number of Topliss-reactive ketones (excluding diaryl/α,β-unsaturated/α-hetero) is 1. The number of ketones is 1. The predicted molar refractivity (Wildman–Crippen MR) is 117 cm³/mol. The van der Waals surface area contributed by atoms with E-state index in [0.717, 1.165) is 7.11 Å². The molecule has 0 amide bonds. The van der Waals surface area contributed by atoms with Gasteiger partial charge >= 0.3 is 5.97 Å². The molecular formula is C24H23ClO12. The largest absolute Gasteiger partial charge is 0.479 e. The van der Waals surface area contributed by atoms with Crippen molar-refractivity contribution in [2.24, 2.45) is 0 Å². The highest BCUT2D eigenvalue weighted by atomic mass is 35.5. The lowest BCUT2D eigenvalue weighted by Crippen LogP contribution is -2.69. The van der Waals surface area contributed by atoms with Crippen molar-refractivity contribution in [3.8, 4) is 0 Å². The Morgan fingerprint density at radius 3 is 2.57 bits per heavy atom. The molecule has 37 heavy (non-hydrogen) atoms. The van der Waals surface area contributed by atoms with Crippen molar-refractivity contribution < 1.29 is 58.8 Å². The quantitative estimate of drug-likeness (QED) is 0.224. The molecule has 10 atom stereocenters. The van der Waals surface area contributed by atoms with Gasteiger partial charge in [0.05, 0.1) is 17.7 Å². The van der Waals surface area contributed by atoms with E-state index in [-0.39, 0.29) is 39.5 Å². The number of epoxide rings is 1. The molecule has 198 valence electrons. The van der Waals surface area contributed by atoms with Crippen LogP contribution in [0.25, 0.3) is 0 Å². The number of benzene rings is 1. The number of carbonyl (C=O) groups excluding carboxylic acids is 2. The highest BCUT2D eigenvalue weighted by molar-refractivity contribution is 6.32. The van der Waals surface area contributed by atoms with Crippen LogP contribution in [0.5, 0.6) is 0 Å². The van der Waals surface area contributed by atoms with E-state index in [4.69, 9.17) is 35.3 Å². The van der Waals surface area contributed by atoms with E-state index in [2.05, 4.69) is 0 Å². The van der Waals surface area contributed by atoms with E-state index >= 15 is 0 Å². The van der Waals surface area contributed by atoms with Crippen molar-refractivity contribution in [1.29, 1.82) is 0 Å². The molecule has 7 rings (SSSR count). The third-order valence-corrected chi connectivity index (χ3v) is 9.21. The van der Waals surface area contributed by atoms with Gasteiger partial charge in [-0.15, -0.1) is 0 Å². The summed E-state index contributed by atoms with van der Waals surface area (Å²) in [5.74, 6) is -4.73. The van der Waals surface area contributed by atoms with Crippen molar-refractivity contribution in [3.63, 3.8) is 0 Å². The summed E-state index contributed by atoms with van der Waals surface area (Å²) < 4.78 is 29.2. The number of cyclic esters (lactones) is 1. The van der Waals surface area contributed by atoms with Crippen LogP contribution >= 0.6 is 11.6 Å². The van der Waals surface area contributed by atoms with E-state index in [1.54, 1.807) is 0 Å². The van der Waals surface area contributed by atoms with Crippen LogP contribution in [0.1, 0.15) is 42.2 Å². The highest BCUT2D eigenvalue weighted by Gasteiger charge is 2.88. The summed E-state index contributed by atoms with van der Waals surface area (Å²) in [6, 6.07) is 2.88. The molecule has 1 aromatic rings. The summed E-state index contributed by atoms with van der Waals surface area (Å²) in [5.41, 5.74) is -6.02. The van der Waals surface area contributed by atoms with E-state index < -0.39 is 77.6 Å². The van der Waals surface area contributed by atoms with Crippen LogP contribution < -0.4 is 0 Å². The molecule has 6 aliphatic rings. The number of aliphatic hydroxyl groups excluding tert-OH is 4. The van der Waals surface area contributed by atoms with Gasteiger partial charge in [0.1, 0.15) is 12.2 Å². The van der Waals surface area contributed by atoms with Gasteiger partial charge in [-0.25, -0.2) is 4.79 Å². The summed E-state index contributed by atoms with van der Waals surface area (Å²) in [7, 11) is 1.15. The van der Waals surface area contributed by atoms with Crippen LogP contribution in [0.15, 0.2) is 23.5 Å². The zero-order chi connectivity index (χ0) is 26.4. The zero-order valence-electron chi connectivity index (χ0n) is 19.5. The number of methoxy groups -OCH3 is 1. The van der Waals surface area contributed by atoms with Crippen molar-refractivity contribution in [2.75, 3.05) is 13.7 Å². The minimum Gasteiger partial charge on any atom is -0.479 e. The Morgan fingerprint density at radius 2 is 1.89 bits per heavy atom. The smallest absolute Gasteiger partial charge is 0.339 e. The number of halogens is 1. The van der Waals surface area contributed by atoms with Crippen molar-refractivity contribution in [2.45, 2.75) is 72.6 Å². The van der Waals surface area contributed by atoms with Gasteiger partial charge in [-0.2, -0.15) is 0 Å². The summed E-state index contributed by atoms with van der Waals surface area (Å²) in [6.45, 7) is 0.610. The maximum Gasteiger partial charge on any atom is 0.339 e. The van der Waals surface area contributed by atoms with Crippen molar-refractivity contribution >= 4 is 23.4 Å². The van der Waals surface area contributed by atoms with Crippen LogP contribution in [0.3, 0.4) is 0 Å². The first kappa shape index (κ1) is 23.9. The number of fused-ring (bicyclic) bond motifs is 1. The van der Waals surface area contributed by atoms with Crippen LogP contribution in [-0.2, 0) is 38.9 Å². The lowest BCUT2D eigenvalue weighted by atomic mass is 9.75. The topological polar surface area (TPSA) is 185 Å². The molecule has 1 aromatic carbocycles. The number of carbonyl (C=O) groups is 2. The third kappa shape index (κ3) is 2.28. The Hall–Kier alpha value is -2.13. The standard InChI is InChI=1S/C24H23ClO12/c1-7-14(28)22-18(33-2)19(31)34-11(6-26)8-3-4-9-12(13(8)25)23-16(30)10(27)5-21(23,15(9)29)35-17(7)24(32,37-23)20(22)36-22/h3-4,10-11,15-16,18,20,26-27,29-30,32H,5-6H2,1-2H3/t10-,11+,15+,16-,18+,20?,21?,22?,23?,24?/m1/s1. The maximum absolute atomic E-state index is 13.6. The fourth-order valence-corrected chi connectivity index (χ4v) is 7.62. The normalized spacial score (nSPS) is 48.8. The van der Waals surface area contributed by atoms with Gasteiger partial charge in [-0.1, -0.05) is 23.7 Å². The van der Waals surface area contributed by atoms with E-state index in [1.807, 2.05) is 0 Å². The number of hydrogen-bond donors (Lipinski definition) is 5. The molecule has 3 aliphatic heterocycles. The second-order valence-corrected chi connectivity index (χ2v) is 10.8. The Bertz CT molecular complexity index is 1330. The number of esters is 1. The minimum absolute atomic E-state index is 0.00476. The average molecular weight is 539 g/mol. The molecule has 3 fully saturated rings. The maximum atomic E-state index is 13.6. The second kappa shape index (κ2) is 6.89. The Labute approximate surface area is 213 Å². The van der Waals surface area contributed by atoms with Crippen LogP contribution in [0.4, 0.5) is 0 Å². The fraction of sp³-hybridized carbons (Fsp3) is 0.583. The van der Waals surface area contributed by atoms with Gasteiger partial charge in [0.2, 0.25) is 0 Å². The summed E-state index contributed by atoms with van der Waals surface area (Å²) in [4.78, 5) is 26.9. The zero-order valence-corrected chi connectivity index (χ0v) is 20.3. The first-order valence-electron chi connectivity index (χ1n) is 11.7. The Kier molecular flexibility index (Phi) is 4.46. The van der Waals surface area contributed by atoms with Crippen LogP contribution in [-0.4, -0.2) is 92.4 Å². The van der Waals surface area contributed by atoms with Crippen LogP contribution in [0, 0.1) is 0 Å². The molecule has 12 nitrogen and oxygen atoms in total. The lowest BCUT2D eigenvalue weighted by Gasteiger charge is -2.54. The first-order valence-corrected chi connectivity index (χ1v) is 12.1. The highest BCUT2D eigenvalue weighted by Crippen LogP contribution is 2.72. The molecule has 0 radical (unpaired) electrons. The Morgan fingerprint density at radius 1 is 1.19 bits per heavy atom. The van der Waals surface area contributed by atoms with Gasteiger partial charge in [0, 0.05) is 30.2 Å². The molecule has 2 saturated heterocycles. The van der Waals surface area contributed by atoms with Gasteiger partial charge in [-0.3, -0.25) is 4.79 Å². The molecule has 13 heteroatoms. The van der Waals surface area contributed by atoms with E-state index in [9.17, 15) is 35.1 Å². The summed E-state index contributed by atoms with van der Waals surface area (Å²) in [6.07, 6.45) is -9.69. The SMILES string of the molecule is CO[C@H]1C(=O)O[C@@H](CO)c2ccc3c(c2Cl)C24OC5(O)C(=C(C)C(=O)C16OC56)OC2(C[C@@H](O)[C@H]4O)[C@H]3O. The summed E-state index contributed by atoms with van der Waals surface area (Å²) in [5, 5.41) is 55.8. The number of hydrogen-bond acceptors (Lipinski definition) is 12. The van der Waals surface area contributed by atoms with Crippen LogP contribution in [0.2, 0.25) is 5.02 Å². The molecular weight excluding hydrogens is 516 g/mol. The average Bonchev–Trinajstić information content (AvgIpc) is 3.54. The fourth-order valence-electron chi connectivity index (χ4n) is 7.18. The van der Waals surface area contributed by atoms with Gasteiger partial charge in [-0.05, 0) is 12.5 Å². The molecule has 5 unspecified atom stereocenters. The molecule has 1 spiro atoms. The number of aliphatic hydroxyl groups is 5. The first-order chi connectivity index (χ1) is 17.5. The lowest BCUT2D eigenvalue weighted by molar-refractivity contribution is -0.380. The molecule has 3 aliphatic carbocycles. The second-order valence-electron chi connectivity index (χ2n) is 10.4. The molecule has 1 saturated carbocycles. The molecule has 3 heterocycles. The van der Waals surface area contributed by atoms with E-state index in [0.29, 0.717) is 0 Å². The molecule has 5 bridgehead atoms. The predicted octanol–water partition coefficient (Wildman–Crippen LogP) is -1.22. The summed E-state index contributed by atoms with van der Waals surface area (Å²) >= 11 is 6.82. The van der Waals surface area contributed by atoms with E-state index in [1.165, 1.54) is 19.1 Å².